The van der Waals surface area contributed by atoms with Crippen LogP contribution in [0.15, 0.2) is 35.2 Å². The fourth-order valence-corrected chi connectivity index (χ4v) is 3.14. The van der Waals surface area contributed by atoms with Crippen LogP contribution in [0.4, 0.5) is 0 Å². The van der Waals surface area contributed by atoms with Gasteiger partial charge in [0, 0.05) is 31.5 Å². The number of nitrogens with zero attached hydrogens (tertiary/aromatic N) is 3. The maximum absolute atomic E-state index is 12.5. The quantitative estimate of drug-likeness (QED) is 0.628. The molecule has 1 saturated heterocycles. The van der Waals surface area contributed by atoms with E-state index in [1.54, 1.807) is 17.2 Å². The van der Waals surface area contributed by atoms with Gasteiger partial charge in [-0.25, -0.2) is 4.98 Å². The van der Waals surface area contributed by atoms with Crippen molar-refractivity contribution in [3.8, 4) is 0 Å². The molecular formula is C17H21N3O3. The molecule has 0 saturated carbocycles. The first-order valence-corrected chi connectivity index (χ1v) is 8.03. The Morgan fingerprint density at radius 2 is 2.26 bits per heavy atom. The number of rotatable bonds is 5. The number of carbonyl (C=O) groups excluding carboxylic acids is 2. The van der Waals surface area contributed by atoms with Crippen LogP contribution in [-0.4, -0.2) is 38.7 Å². The van der Waals surface area contributed by atoms with Gasteiger partial charge in [-0.15, -0.1) is 0 Å². The molecule has 2 aromatic rings. The number of amides is 1. The standard InChI is InChI=1S/C17H21N3O3/c1-13-18-8-11-19(13)10-7-14-5-2-3-9-20(14)17(22)16(21)15-6-4-12-23-15/h4,6,8,11-12,14H,2-3,5,7,9-10H2,1H3/t14-/m0/s1. The van der Waals surface area contributed by atoms with Gasteiger partial charge in [-0.05, 0) is 44.7 Å². The Bertz CT molecular complexity index is 675. The minimum atomic E-state index is -0.555. The molecular weight excluding hydrogens is 294 g/mol. The molecule has 1 amide bonds. The average Bonchev–Trinajstić information content (AvgIpc) is 3.23. The van der Waals surface area contributed by atoms with Crippen molar-refractivity contribution < 1.29 is 14.0 Å². The van der Waals surface area contributed by atoms with Gasteiger partial charge < -0.3 is 13.9 Å². The fourth-order valence-electron chi connectivity index (χ4n) is 3.14. The number of furan rings is 1. The lowest BCUT2D eigenvalue weighted by molar-refractivity contribution is -0.130. The normalized spacial score (nSPS) is 18.1. The summed E-state index contributed by atoms with van der Waals surface area (Å²) < 4.78 is 7.14. The number of aromatic nitrogens is 2. The van der Waals surface area contributed by atoms with Crippen molar-refractivity contribution in [2.75, 3.05) is 6.54 Å². The summed E-state index contributed by atoms with van der Waals surface area (Å²) >= 11 is 0. The van der Waals surface area contributed by atoms with Gasteiger partial charge >= 0.3 is 0 Å². The zero-order chi connectivity index (χ0) is 16.2. The van der Waals surface area contributed by atoms with E-state index in [2.05, 4.69) is 9.55 Å². The lowest BCUT2D eigenvalue weighted by Gasteiger charge is -2.35. The van der Waals surface area contributed by atoms with Crippen LogP contribution in [-0.2, 0) is 11.3 Å². The zero-order valence-corrected chi connectivity index (χ0v) is 13.3. The van der Waals surface area contributed by atoms with Crippen molar-refractivity contribution >= 4 is 11.7 Å². The molecule has 23 heavy (non-hydrogen) atoms. The number of piperidine rings is 1. The number of carbonyl (C=O) groups is 2. The molecule has 3 heterocycles. The fraction of sp³-hybridized carbons (Fsp3) is 0.471. The zero-order valence-electron chi connectivity index (χ0n) is 13.3. The summed E-state index contributed by atoms with van der Waals surface area (Å²) in [5.41, 5.74) is 0. The smallest absolute Gasteiger partial charge is 0.298 e. The second kappa shape index (κ2) is 6.81. The molecule has 0 unspecified atom stereocenters. The van der Waals surface area contributed by atoms with Crippen molar-refractivity contribution in [2.24, 2.45) is 0 Å². The second-order valence-electron chi connectivity index (χ2n) is 5.91. The average molecular weight is 315 g/mol. The molecule has 0 bridgehead atoms. The molecule has 3 rings (SSSR count). The molecule has 2 aromatic heterocycles. The van der Waals surface area contributed by atoms with Crippen molar-refractivity contribution in [1.29, 1.82) is 0 Å². The molecule has 6 heteroatoms. The van der Waals surface area contributed by atoms with Crippen molar-refractivity contribution in [3.63, 3.8) is 0 Å². The van der Waals surface area contributed by atoms with Crippen LogP contribution in [0, 0.1) is 6.92 Å². The highest BCUT2D eigenvalue weighted by Crippen LogP contribution is 2.22. The van der Waals surface area contributed by atoms with Gasteiger partial charge in [-0.1, -0.05) is 0 Å². The molecule has 122 valence electrons. The predicted molar refractivity (Wildman–Crippen MR) is 84.0 cm³/mol. The molecule has 0 aromatic carbocycles. The Morgan fingerprint density at radius 1 is 1.39 bits per heavy atom. The van der Waals surface area contributed by atoms with Crippen LogP contribution >= 0.6 is 0 Å². The maximum Gasteiger partial charge on any atom is 0.298 e. The minimum Gasteiger partial charge on any atom is -0.461 e. The summed E-state index contributed by atoms with van der Waals surface area (Å²) in [7, 11) is 0. The van der Waals surface area contributed by atoms with Gasteiger partial charge in [0.2, 0.25) is 0 Å². The van der Waals surface area contributed by atoms with Gasteiger partial charge in [0.15, 0.2) is 5.76 Å². The highest BCUT2D eigenvalue weighted by molar-refractivity contribution is 6.42. The summed E-state index contributed by atoms with van der Waals surface area (Å²) in [6.07, 6.45) is 8.93. The molecule has 1 atom stereocenters. The third-order valence-corrected chi connectivity index (χ3v) is 4.45. The first-order chi connectivity index (χ1) is 11.2. The van der Waals surface area contributed by atoms with Crippen LogP contribution in [0.1, 0.15) is 42.1 Å². The third-order valence-electron chi connectivity index (χ3n) is 4.45. The Morgan fingerprint density at radius 3 is 2.96 bits per heavy atom. The lowest BCUT2D eigenvalue weighted by atomic mass is 9.98. The molecule has 1 aliphatic rings. The molecule has 0 N–H and O–H groups in total. The van der Waals surface area contributed by atoms with E-state index in [-0.39, 0.29) is 11.8 Å². The first kappa shape index (κ1) is 15.5. The number of ketones is 1. The van der Waals surface area contributed by atoms with Crippen LogP contribution in [0.3, 0.4) is 0 Å². The molecule has 0 radical (unpaired) electrons. The predicted octanol–water partition coefficient (Wildman–Crippen LogP) is 2.44. The maximum atomic E-state index is 12.5. The Kier molecular flexibility index (Phi) is 4.60. The Labute approximate surface area is 135 Å². The molecule has 0 spiro atoms. The van der Waals surface area contributed by atoms with Crippen LogP contribution in [0.5, 0.6) is 0 Å². The number of imidazole rings is 1. The van der Waals surface area contributed by atoms with Crippen molar-refractivity contribution in [1.82, 2.24) is 14.5 Å². The summed E-state index contributed by atoms with van der Waals surface area (Å²) in [6, 6.07) is 3.25. The van der Waals surface area contributed by atoms with E-state index in [9.17, 15) is 9.59 Å². The number of Topliss-reactive ketones (excluding diaryl/α,β-unsaturated/α-hetero) is 1. The van der Waals surface area contributed by atoms with Gasteiger partial charge in [-0.2, -0.15) is 0 Å². The van der Waals surface area contributed by atoms with E-state index in [0.29, 0.717) is 6.54 Å². The number of aryl methyl sites for hydroxylation is 2. The Hall–Kier alpha value is -2.37. The van der Waals surface area contributed by atoms with E-state index in [0.717, 1.165) is 38.1 Å². The summed E-state index contributed by atoms with van der Waals surface area (Å²) in [4.78, 5) is 30.7. The lowest BCUT2D eigenvalue weighted by Crippen LogP contribution is -2.47. The first-order valence-electron chi connectivity index (χ1n) is 8.03. The number of hydrogen-bond donors (Lipinski definition) is 0. The monoisotopic (exact) mass is 315 g/mol. The van der Waals surface area contributed by atoms with E-state index >= 15 is 0 Å². The highest BCUT2D eigenvalue weighted by Gasteiger charge is 2.32. The van der Waals surface area contributed by atoms with Crippen molar-refractivity contribution in [3.05, 3.63) is 42.4 Å². The summed E-state index contributed by atoms with van der Waals surface area (Å²) in [5, 5.41) is 0. The minimum absolute atomic E-state index is 0.0944. The molecule has 6 nitrogen and oxygen atoms in total. The molecule has 0 aliphatic carbocycles. The largest absolute Gasteiger partial charge is 0.461 e. The number of hydrogen-bond acceptors (Lipinski definition) is 4. The Balaban J connectivity index is 1.67. The summed E-state index contributed by atoms with van der Waals surface area (Å²) in [5.74, 6) is 0.0721. The number of likely N-dealkylation sites (tertiary alicyclic amines) is 1. The van der Waals surface area contributed by atoms with Crippen LogP contribution in [0.2, 0.25) is 0 Å². The third kappa shape index (κ3) is 3.36. The van der Waals surface area contributed by atoms with Gasteiger partial charge in [0.1, 0.15) is 5.82 Å². The molecule has 1 fully saturated rings. The summed E-state index contributed by atoms with van der Waals surface area (Å²) in [6.45, 7) is 3.40. The van der Waals surface area contributed by atoms with Crippen molar-refractivity contribution in [2.45, 2.75) is 45.2 Å². The van der Waals surface area contributed by atoms with E-state index in [1.165, 1.54) is 12.3 Å². The highest BCUT2D eigenvalue weighted by atomic mass is 16.3. The second-order valence-corrected chi connectivity index (χ2v) is 5.91. The topological polar surface area (TPSA) is 68.3 Å². The van der Waals surface area contributed by atoms with Crippen LogP contribution < -0.4 is 0 Å². The van der Waals surface area contributed by atoms with E-state index in [1.807, 2.05) is 13.1 Å². The van der Waals surface area contributed by atoms with Gasteiger partial charge in [0.05, 0.1) is 6.26 Å². The van der Waals surface area contributed by atoms with Crippen LogP contribution in [0.25, 0.3) is 0 Å². The van der Waals surface area contributed by atoms with Gasteiger partial charge in [0.25, 0.3) is 11.7 Å². The van der Waals surface area contributed by atoms with E-state index in [4.69, 9.17) is 4.42 Å². The molecule has 1 aliphatic heterocycles. The SMILES string of the molecule is Cc1nccn1CC[C@@H]1CCCCN1C(=O)C(=O)c1ccco1. The van der Waals surface area contributed by atoms with Gasteiger partial charge in [-0.3, -0.25) is 9.59 Å². The van der Waals surface area contributed by atoms with E-state index < -0.39 is 11.7 Å².